The Bertz CT molecular complexity index is 673. The zero-order chi connectivity index (χ0) is 14.8. The average Bonchev–Trinajstić information content (AvgIpc) is 2.40. The van der Waals surface area contributed by atoms with E-state index in [1.54, 1.807) is 6.21 Å². The Morgan fingerprint density at radius 2 is 1.80 bits per heavy atom. The van der Waals surface area contributed by atoms with E-state index in [0.717, 1.165) is 11.4 Å². The molecule has 104 valence electrons. The molecule has 0 radical (unpaired) electrons. The summed E-state index contributed by atoms with van der Waals surface area (Å²) in [6.07, 6.45) is 3.69. The zero-order valence-electron chi connectivity index (χ0n) is 12.6. The third-order valence-electron chi connectivity index (χ3n) is 3.43. The third kappa shape index (κ3) is 3.08. The van der Waals surface area contributed by atoms with Crippen LogP contribution < -0.4 is 5.73 Å². The summed E-state index contributed by atoms with van der Waals surface area (Å²) in [6.45, 7) is 8.36. The van der Waals surface area contributed by atoms with Gasteiger partial charge >= 0.3 is 0 Å². The summed E-state index contributed by atoms with van der Waals surface area (Å²) in [5.41, 5.74) is 9.02. The number of fused-ring (bicyclic) bond motifs is 1. The van der Waals surface area contributed by atoms with Gasteiger partial charge in [0.25, 0.3) is 0 Å². The van der Waals surface area contributed by atoms with Crippen molar-refractivity contribution >= 4 is 22.7 Å². The van der Waals surface area contributed by atoms with Gasteiger partial charge in [-0.2, -0.15) is 0 Å². The molecule has 0 fully saturated rings. The van der Waals surface area contributed by atoms with Crippen molar-refractivity contribution in [2.75, 3.05) is 0 Å². The molecule has 0 bridgehead atoms. The summed E-state index contributed by atoms with van der Waals surface area (Å²) < 4.78 is 0. The van der Waals surface area contributed by atoms with Gasteiger partial charge in [0.15, 0.2) is 0 Å². The number of rotatable bonds is 2. The van der Waals surface area contributed by atoms with Crippen molar-refractivity contribution in [2.45, 2.75) is 27.7 Å². The van der Waals surface area contributed by atoms with Gasteiger partial charge in [-0.05, 0) is 23.9 Å². The first-order valence-electron chi connectivity index (χ1n) is 6.88. The van der Waals surface area contributed by atoms with Crippen molar-refractivity contribution in [2.24, 2.45) is 16.1 Å². The molecule has 2 rings (SSSR count). The van der Waals surface area contributed by atoms with Crippen LogP contribution in [0.25, 0.3) is 10.8 Å². The second-order valence-corrected chi connectivity index (χ2v) is 6.10. The van der Waals surface area contributed by atoms with Crippen molar-refractivity contribution in [3.05, 3.63) is 53.7 Å². The fourth-order valence-electron chi connectivity index (χ4n) is 1.98. The number of nitrogens with two attached hydrogens (primary N) is 1. The molecule has 0 amide bonds. The summed E-state index contributed by atoms with van der Waals surface area (Å²) in [6, 6.07) is 12.5. The second-order valence-electron chi connectivity index (χ2n) is 6.10. The summed E-state index contributed by atoms with van der Waals surface area (Å²) in [5.74, 6) is 0. The predicted molar refractivity (Wildman–Crippen MR) is 88.6 cm³/mol. The molecule has 0 aromatic heterocycles. The van der Waals surface area contributed by atoms with E-state index in [0.29, 0.717) is 0 Å². The lowest BCUT2D eigenvalue weighted by Gasteiger charge is -2.17. The fraction of sp³-hybridized carbons (Fsp3) is 0.278. The van der Waals surface area contributed by atoms with Crippen LogP contribution in [0.3, 0.4) is 0 Å². The topological polar surface area (TPSA) is 38.4 Å². The molecule has 0 aliphatic carbocycles. The van der Waals surface area contributed by atoms with E-state index in [1.165, 1.54) is 16.3 Å². The van der Waals surface area contributed by atoms with Crippen molar-refractivity contribution in [1.82, 2.24) is 0 Å². The minimum Gasteiger partial charge on any atom is -0.402 e. The highest BCUT2D eigenvalue weighted by Gasteiger charge is 2.12. The maximum absolute atomic E-state index is 6.04. The zero-order valence-corrected chi connectivity index (χ0v) is 12.6. The molecule has 2 aromatic rings. The molecular weight excluding hydrogens is 244 g/mol. The maximum atomic E-state index is 6.04. The van der Waals surface area contributed by atoms with Gasteiger partial charge < -0.3 is 5.73 Å². The highest BCUT2D eigenvalue weighted by molar-refractivity contribution is 5.95. The molecule has 0 atom stereocenters. The SMILES string of the molecule is Cc1ccc2ccccc2c1N=CC=C(N)C(C)(C)C. The summed E-state index contributed by atoms with van der Waals surface area (Å²) in [7, 11) is 0. The molecule has 2 heteroatoms. The largest absolute Gasteiger partial charge is 0.402 e. The van der Waals surface area contributed by atoms with E-state index in [-0.39, 0.29) is 5.41 Å². The first-order chi connectivity index (χ1) is 9.39. The van der Waals surface area contributed by atoms with Crippen LogP contribution in [0.2, 0.25) is 0 Å². The molecule has 0 saturated carbocycles. The molecule has 0 unspecified atom stereocenters. The number of aliphatic imine (C=N–C) groups is 1. The van der Waals surface area contributed by atoms with Crippen LogP contribution in [0.1, 0.15) is 26.3 Å². The molecular formula is C18H22N2. The van der Waals surface area contributed by atoms with E-state index < -0.39 is 0 Å². The van der Waals surface area contributed by atoms with Gasteiger partial charge in [0.1, 0.15) is 0 Å². The quantitative estimate of drug-likeness (QED) is 0.783. The molecule has 2 nitrogen and oxygen atoms in total. The molecule has 0 aliphatic heterocycles. The predicted octanol–water partition coefficient (Wildman–Crippen LogP) is 4.74. The monoisotopic (exact) mass is 266 g/mol. The van der Waals surface area contributed by atoms with Crippen molar-refractivity contribution in [3.63, 3.8) is 0 Å². The van der Waals surface area contributed by atoms with E-state index in [1.807, 2.05) is 18.2 Å². The molecule has 20 heavy (non-hydrogen) atoms. The Morgan fingerprint density at radius 3 is 2.50 bits per heavy atom. The van der Waals surface area contributed by atoms with E-state index in [2.05, 4.69) is 57.0 Å². The van der Waals surface area contributed by atoms with Crippen LogP contribution in [0.4, 0.5) is 5.69 Å². The lowest BCUT2D eigenvalue weighted by Crippen LogP contribution is -2.16. The van der Waals surface area contributed by atoms with Gasteiger partial charge in [0.05, 0.1) is 5.69 Å². The van der Waals surface area contributed by atoms with Crippen LogP contribution in [0.5, 0.6) is 0 Å². The van der Waals surface area contributed by atoms with Gasteiger partial charge in [-0.25, -0.2) is 0 Å². The average molecular weight is 266 g/mol. The number of benzene rings is 2. The van der Waals surface area contributed by atoms with Crippen LogP contribution in [-0.2, 0) is 0 Å². The summed E-state index contributed by atoms with van der Waals surface area (Å²) in [5, 5.41) is 2.38. The summed E-state index contributed by atoms with van der Waals surface area (Å²) >= 11 is 0. The lowest BCUT2D eigenvalue weighted by molar-refractivity contribution is 0.498. The molecule has 0 spiro atoms. The minimum atomic E-state index is -0.0280. The number of allylic oxidation sites excluding steroid dienone is 2. The minimum absolute atomic E-state index is 0.0280. The first-order valence-corrected chi connectivity index (χ1v) is 6.88. The van der Waals surface area contributed by atoms with Crippen LogP contribution in [-0.4, -0.2) is 6.21 Å². The van der Waals surface area contributed by atoms with Gasteiger partial charge in [0, 0.05) is 22.7 Å². The molecule has 2 N–H and O–H groups in total. The van der Waals surface area contributed by atoms with Gasteiger partial charge in [-0.1, -0.05) is 57.2 Å². The number of hydrogen-bond donors (Lipinski definition) is 1. The van der Waals surface area contributed by atoms with Crippen LogP contribution in [0.15, 0.2) is 53.2 Å². The normalized spacial score (nSPS) is 13.3. The molecule has 2 aromatic carbocycles. The Balaban J connectivity index is 2.42. The van der Waals surface area contributed by atoms with E-state index in [4.69, 9.17) is 5.73 Å². The van der Waals surface area contributed by atoms with Crippen LogP contribution >= 0.6 is 0 Å². The van der Waals surface area contributed by atoms with Crippen LogP contribution in [0, 0.1) is 12.3 Å². The van der Waals surface area contributed by atoms with Gasteiger partial charge in [0.2, 0.25) is 0 Å². The number of aryl methyl sites for hydroxylation is 1. The second kappa shape index (κ2) is 5.49. The number of hydrogen-bond acceptors (Lipinski definition) is 2. The number of nitrogens with zero attached hydrogens (tertiary/aromatic N) is 1. The Kier molecular flexibility index (Phi) is 3.93. The molecule has 0 heterocycles. The van der Waals surface area contributed by atoms with Gasteiger partial charge in [-0.3, -0.25) is 4.99 Å². The van der Waals surface area contributed by atoms with Crippen molar-refractivity contribution in [3.8, 4) is 0 Å². The third-order valence-corrected chi connectivity index (χ3v) is 3.43. The first kappa shape index (κ1) is 14.3. The molecule has 0 saturated heterocycles. The Hall–Kier alpha value is -2.09. The van der Waals surface area contributed by atoms with Crippen molar-refractivity contribution in [1.29, 1.82) is 0 Å². The smallest absolute Gasteiger partial charge is 0.0737 e. The highest BCUT2D eigenvalue weighted by Crippen LogP contribution is 2.29. The van der Waals surface area contributed by atoms with Crippen molar-refractivity contribution < 1.29 is 0 Å². The Labute approximate surface area is 121 Å². The highest BCUT2D eigenvalue weighted by atomic mass is 14.7. The Morgan fingerprint density at radius 1 is 1.10 bits per heavy atom. The standard InChI is InChI=1S/C18H22N2/c1-13-9-10-14-7-5-6-8-15(14)17(13)20-12-11-16(19)18(2,3)4/h5-12H,19H2,1-4H3. The maximum Gasteiger partial charge on any atom is 0.0737 e. The lowest BCUT2D eigenvalue weighted by atomic mass is 9.92. The molecule has 0 aliphatic rings. The van der Waals surface area contributed by atoms with Gasteiger partial charge in [-0.15, -0.1) is 0 Å². The van der Waals surface area contributed by atoms with E-state index >= 15 is 0 Å². The van der Waals surface area contributed by atoms with E-state index in [9.17, 15) is 0 Å². The fourth-order valence-corrected chi connectivity index (χ4v) is 1.98. The summed E-state index contributed by atoms with van der Waals surface area (Å²) in [4.78, 5) is 4.61.